The SMILES string of the molecule is CCOc1ccc(-n2c(SCC(=O)c3ccc(Br)cc3)nc3sc4c(c3c2=O)CCN(C(C)C)C4)cc1. The van der Waals surface area contributed by atoms with E-state index in [2.05, 4.69) is 34.7 Å². The monoisotopic (exact) mass is 597 g/mol. The quantitative estimate of drug-likeness (QED) is 0.134. The molecular formula is C28H28BrN3O3S2. The summed E-state index contributed by atoms with van der Waals surface area (Å²) in [7, 11) is 0. The van der Waals surface area contributed by atoms with Crippen molar-refractivity contribution in [3.8, 4) is 11.4 Å². The normalized spacial score (nSPS) is 13.8. The van der Waals surface area contributed by atoms with Crippen LogP contribution in [0.4, 0.5) is 0 Å². The summed E-state index contributed by atoms with van der Waals surface area (Å²) < 4.78 is 8.17. The standard InChI is InChI=1S/C28H28BrN3O3S2/c1-4-35-21-11-9-20(10-12-21)32-27(34)25-22-13-14-31(17(2)3)15-24(22)37-26(25)30-28(32)36-16-23(33)18-5-7-19(29)8-6-18/h5-12,17H,4,13-16H2,1-3H3. The minimum atomic E-state index is -0.0803. The van der Waals surface area contributed by atoms with Crippen LogP contribution in [0, 0.1) is 0 Å². The molecule has 9 heteroatoms. The summed E-state index contributed by atoms with van der Waals surface area (Å²) in [6.07, 6.45) is 0.836. The summed E-state index contributed by atoms with van der Waals surface area (Å²) in [5, 5.41) is 1.23. The molecule has 4 aromatic rings. The number of hydrogen-bond donors (Lipinski definition) is 0. The summed E-state index contributed by atoms with van der Waals surface area (Å²) >= 11 is 6.32. The lowest BCUT2D eigenvalue weighted by molar-refractivity contribution is 0.102. The highest BCUT2D eigenvalue weighted by Gasteiger charge is 2.27. The molecule has 3 heterocycles. The average Bonchev–Trinajstić information content (AvgIpc) is 3.26. The number of aromatic nitrogens is 2. The summed E-state index contributed by atoms with van der Waals surface area (Å²) in [6, 6.07) is 15.2. The molecule has 0 spiro atoms. The van der Waals surface area contributed by atoms with Gasteiger partial charge in [0.25, 0.3) is 5.56 Å². The predicted octanol–water partition coefficient (Wildman–Crippen LogP) is 6.35. The van der Waals surface area contributed by atoms with Crippen LogP contribution in [0.3, 0.4) is 0 Å². The van der Waals surface area contributed by atoms with Crippen LogP contribution in [-0.2, 0) is 13.0 Å². The number of Topliss-reactive ketones (excluding diaryl/α,β-unsaturated/α-hetero) is 1. The molecule has 0 N–H and O–H groups in total. The molecule has 2 aromatic carbocycles. The first-order chi connectivity index (χ1) is 17.9. The van der Waals surface area contributed by atoms with Gasteiger partial charge in [0, 0.05) is 34.0 Å². The van der Waals surface area contributed by atoms with E-state index in [9.17, 15) is 9.59 Å². The van der Waals surface area contributed by atoms with Crippen LogP contribution >= 0.6 is 39.0 Å². The Kier molecular flexibility index (Phi) is 7.85. The highest BCUT2D eigenvalue weighted by atomic mass is 79.9. The number of thioether (sulfide) groups is 1. The highest BCUT2D eigenvalue weighted by molar-refractivity contribution is 9.10. The number of nitrogens with zero attached hydrogens (tertiary/aromatic N) is 3. The van der Waals surface area contributed by atoms with E-state index >= 15 is 0 Å². The number of hydrogen-bond acceptors (Lipinski definition) is 7. The lowest BCUT2D eigenvalue weighted by Crippen LogP contribution is -2.35. The third-order valence-corrected chi connectivity index (χ3v) is 9.09. The van der Waals surface area contributed by atoms with Gasteiger partial charge < -0.3 is 4.74 Å². The zero-order valence-corrected chi connectivity index (χ0v) is 24.2. The lowest BCUT2D eigenvalue weighted by Gasteiger charge is -2.30. The van der Waals surface area contributed by atoms with E-state index in [1.54, 1.807) is 28.0 Å². The van der Waals surface area contributed by atoms with Gasteiger partial charge in [0.1, 0.15) is 10.6 Å². The largest absolute Gasteiger partial charge is 0.494 e. The van der Waals surface area contributed by atoms with E-state index in [-0.39, 0.29) is 17.1 Å². The zero-order valence-electron chi connectivity index (χ0n) is 21.0. The topological polar surface area (TPSA) is 64.4 Å². The van der Waals surface area contributed by atoms with Crippen LogP contribution in [0.1, 0.15) is 41.6 Å². The van der Waals surface area contributed by atoms with Crippen molar-refractivity contribution in [3.63, 3.8) is 0 Å². The van der Waals surface area contributed by atoms with Gasteiger partial charge in [-0.2, -0.15) is 0 Å². The van der Waals surface area contributed by atoms with Crippen molar-refractivity contribution in [1.29, 1.82) is 0 Å². The number of rotatable bonds is 8. The van der Waals surface area contributed by atoms with Crippen LogP contribution in [0.15, 0.2) is 63.0 Å². The second-order valence-corrected chi connectivity index (χ2v) is 12.1. The number of benzene rings is 2. The Labute approximate surface area is 232 Å². The van der Waals surface area contributed by atoms with Crippen molar-refractivity contribution in [1.82, 2.24) is 14.5 Å². The fourth-order valence-electron chi connectivity index (χ4n) is 4.52. The van der Waals surface area contributed by atoms with Crippen molar-refractivity contribution >= 4 is 55.0 Å². The first-order valence-corrected chi connectivity index (χ1v) is 14.9. The van der Waals surface area contributed by atoms with Crippen molar-refractivity contribution in [2.75, 3.05) is 18.9 Å². The Bertz CT molecular complexity index is 1490. The van der Waals surface area contributed by atoms with E-state index in [0.29, 0.717) is 34.4 Å². The molecule has 0 aliphatic carbocycles. The Hall–Kier alpha value is -2.46. The van der Waals surface area contributed by atoms with Crippen LogP contribution in [-0.4, -0.2) is 45.2 Å². The van der Waals surface area contributed by atoms with Crippen LogP contribution in [0.2, 0.25) is 0 Å². The molecule has 0 atom stereocenters. The average molecular weight is 599 g/mol. The smallest absolute Gasteiger partial charge is 0.267 e. The molecule has 0 unspecified atom stereocenters. The zero-order chi connectivity index (χ0) is 26.1. The maximum absolute atomic E-state index is 14.0. The molecule has 0 saturated carbocycles. The van der Waals surface area contributed by atoms with Crippen molar-refractivity contribution in [3.05, 3.63) is 79.4 Å². The maximum Gasteiger partial charge on any atom is 0.267 e. The maximum atomic E-state index is 14.0. The Balaban J connectivity index is 1.57. The molecule has 0 amide bonds. The summed E-state index contributed by atoms with van der Waals surface area (Å²) in [6.45, 7) is 8.67. The lowest BCUT2D eigenvalue weighted by atomic mass is 10.0. The molecular weight excluding hydrogens is 570 g/mol. The van der Waals surface area contributed by atoms with E-state index in [0.717, 1.165) is 40.1 Å². The third-order valence-electron chi connectivity index (χ3n) is 6.51. The number of ketones is 1. The van der Waals surface area contributed by atoms with E-state index in [1.165, 1.54) is 16.6 Å². The van der Waals surface area contributed by atoms with Gasteiger partial charge in [0.05, 0.1) is 23.4 Å². The molecule has 1 aliphatic rings. The fourth-order valence-corrected chi connectivity index (χ4v) is 6.97. The Morgan fingerprint density at radius 2 is 1.89 bits per heavy atom. The van der Waals surface area contributed by atoms with E-state index in [4.69, 9.17) is 9.72 Å². The van der Waals surface area contributed by atoms with Gasteiger partial charge in [-0.25, -0.2) is 4.98 Å². The molecule has 0 saturated heterocycles. The van der Waals surface area contributed by atoms with Gasteiger partial charge in [-0.1, -0.05) is 39.8 Å². The number of halogens is 1. The van der Waals surface area contributed by atoms with E-state index in [1.807, 2.05) is 43.3 Å². The van der Waals surface area contributed by atoms with Gasteiger partial charge >= 0.3 is 0 Å². The molecule has 5 rings (SSSR count). The number of ether oxygens (including phenoxy) is 1. The van der Waals surface area contributed by atoms with Crippen molar-refractivity contribution in [2.24, 2.45) is 0 Å². The van der Waals surface area contributed by atoms with Crippen LogP contribution in [0.5, 0.6) is 5.75 Å². The third kappa shape index (κ3) is 5.41. The molecule has 2 aromatic heterocycles. The highest BCUT2D eigenvalue weighted by Crippen LogP contribution is 2.35. The summed E-state index contributed by atoms with van der Waals surface area (Å²) in [4.78, 5) is 36.3. The summed E-state index contributed by atoms with van der Waals surface area (Å²) in [5.74, 6) is 0.917. The van der Waals surface area contributed by atoms with Gasteiger partial charge in [0.15, 0.2) is 10.9 Å². The molecule has 6 nitrogen and oxygen atoms in total. The van der Waals surface area contributed by atoms with Crippen molar-refractivity contribution < 1.29 is 9.53 Å². The van der Waals surface area contributed by atoms with Gasteiger partial charge in [-0.15, -0.1) is 11.3 Å². The predicted molar refractivity (Wildman–Crippen MR) is 155 cm³/mol. The second kappa shape index (κ2) is 11.1. The molecule has 192 valence electrons. The second-order valence-electron chi connectivity index (χ2n) is 9.18. The van der Waals surface area contributed by atoms with Crippen molar-refractivity contribution in [2.45, 2.75) is 44.9 Å². The molecule has 37 heavy (non-hydrogen) atoms. The van der Waals surface area contributed by atoms with E-state index < -0.39 is 0 Å². The number of carbonyl (C=O) groups excluding carboxylic acids is 1. The molecule has 0 radical (unpaired) electrons. The first-order valence-electron chi connectivity index (χ1n) is 12.3. The van der Waals surface area contributed by atoms with Crippen LogP contribution < -0.4 is 10.3 Å². The van der Waals surface area contributed by atoms with Crippen LogP contribution in [0.25, 0.3) is 15.9 Å². The number of carbonyl (C=O) groups is 1. The molecule has 0 fully saturated rings. The molecule has 0 bridgehead atoms. The Morgan fingerprint density at radius 3 is 2.57 bits per heavy atom. The minimum absolute atomic E-state index is 0.0110. The fraction of sp³-hybridized carbons (Fsp3) is 0.321. The van der Waals surface area contributed by atoms with Gasteiger partial charge in [-0.05, 0) is 69.2 Å². The minimum Gasteiger partial charge on any atom is -0.494 e. The van der Waals surface area contributed by atoms with Gasteiger partial charge in [0.2, 0.25) is 0 Å². The first kappa shape index (κ1) is 26.2. The summed E-state index contributed by atoms with van der Waals surface area (Å²) in [5.41, 5.74) is 2.38. The number of fused-ring (bicyclic) bond motifs is 3. The molecule has 1 aliphatic heterocycles. The number of thiophene rings is 1. The van der Waals surface area contributed by atoms with Gasteiger partial charge in [-0.3, -0.25) is 19.1 Å². The Morgan fingerprint density at radius 1 is 1.16 bits per heavy atom.